The first kappa shape index (κ1) is 31.0. The molecule has 2 aromatic carbocycles. The van der Waals surface area contributed by atoms with Gasteiger partial charge in [-0.3, -0.25) is 0 Å². The molecular weight excluding hydrogens is 580 g/mol. The van der Waals surface area contributed by atoms with Gasteiger partial charge in [-0.25, -0.2) is 0 Å². The number of aliphatic hydroxyl groups is 8. The Hall–Kier alpha value is -3.42. The first-order chi connectivity index (χ1) is 20.4. The van der Waals surface area contributed by atoms with Gasteiger partial charge >= 0.3 is 0 Å². The number of hydrogen-bond donors (Lipinski definition) is 11. The third kappa shape index (κ3) is 6.02. The summed E-state index contributed by atoms with van der Waals surface area (Å²) in [5, 5.41) is 112. The molecule has 11 atom stereocenters. The van der Waals surface area contributed by atoms with Crippen LogP contribution in [0.4, 0.5) is 0 Å². The van der Waals surface area contributed by atoms with E-state index >= 15 is 0 Å². The highest BCUT2D eigenvalue weighted by Gasteiger charge is 2.49. The largest absolute Gasteiger partial charge is 0.571 e. The van der Waals surface area contributed by atoms with E-state index in [2.05, 4.69) is 4.74 Å². The Labute approximate surface area is 243 Å². The van der Waals surface area contributed by atoms with E-state index in [0.717, 1.165) is 6.07 Å². The van der Waals surface area contributed by atoms with Gasteiger partial charge < -0.3 is 79.9 Å². The van der Waals surface area contributed by atoms with Crippen molar-refractivity contribution < 1.29 is 79.9 Å². The quantitative estimate of drug-likeness (QED) is 0.114. The summed E-state index contributed by atoms with van der Waals surface area (Å²) in [5.74, 6) is -1.45. The van der Waals surface area contributed by atoms with Gasteiger partial charge in [0.1, 0.15) is 65.9 Å². The number of aliphatic hydroxyl groups excluding tert-OH is 7. The highest BCUT2D eigenvalue weighted by Crippen LogP contribution is 2.46. The Bertz CT molecular complexity index is 1330. The Kier molecular flexibility index (Phi) is 8.87. The molecule has 236 valence electrons. The monoisotopic (exact) mass is 613 g/mol. The Balaban J connectivity index is 1.39. The van der Waals surface area contributed by atoms with Crippen LogP contribution in [0.1, 0.15) is 17.2 Å². The van der Waals surface area contributed by atoms with Crippen LogP contribution in [0.3, 0.4) is 0 Å². The van der Waals surface area contributed by atoms with Crippen molar-refractivity contribution in [3.8, 4) is 28.7 Å². The second-order valence-corrected chi connectivity index (χ2v) is 10.4. The van der Waals surface area contributed by atoms with Gasteiger partial charge in [0.25, 0.3) is 11.9 Å². The van der Waals surface area contributed by atoms with Crippen LogP contribution < -0.4 is 0 Å². The van der Waals surface area contributed by atoms with Crippen molar-refractivity contribution >= 4 is 6.08 Å². The summed E-state index contributed by atoms with van der Waals surface area (Å²) < 4.78 is 26.8. The molecule has 5 rings (SSSR count). The minimum Gasteiger partial charge on any atom is -0.571 e. The summed E-state index contributed by atoms with van der Waals surface area (Å²) in [4.78, 5) is 0. The van der Waals surface area contributed by atoms with Crippen molar-refractivity contribution in [2.75, 3.05) is 13.2 Å². The number of fused-ring (bicyclic) bond motifs is 1. The number of phenols is 4. The fourth-order valence-electron chi connectivity index (χ4n) is 5.02. The summed E-state index contributed by atoms with van der Waals surface area (Å²) in [5.41, 5.74) is 0.406. The topological polar surface area (TPSA) is 272 Å². The minimum atomic E-state index is -1.84. The average Bonchev–Trinajstić information content (AvgIpc) is 2.97. The SMILES string of the molecule is OCC1OC(OCC2OC(OC3=Cc4c(O)cc(O)cc4[OH+]C3c3ccc(O)c(O)c3)C(O)C(O)C2O)C(O)C(O)C1O. The van der Waals surface area contributed by atoms with Gasteiger partial charge in [0.2, 0.25) is 6.29 Å². The molecule has 0 aromatic heterocycles. The number of hydrogen-bond acceptors (Lipinski definition) is 15. The first-order valence-electron chi connectivity index (χ1n) is 13.2. The lowest BCUT2D eigenvalue weighted by Gasteiger charge is -2.43. The number of ether oxygens (including phenoxy) is 5. The summed E-state index contributed by atoms with van der Waals surface area (Å²) in [6, 6.07) is 6.15. The lowest BCUT2D eigenvalue weighted by molar-refractivity contribution is -0.328. The summed E-state index contributed by atoms with van der Waals surface area (Å²) in [6.07, 6.45) is -16.2. The molecule has 2 fully saturated rings. The molecule has 3 heterocycles. The van der Waals surface area contributed by atoms with Crippen molar-refractivity contribution in [2.45, 2.75) is 67.5 Å². The van der Waals surface area contributed by atoms with Gasteiger partial charge in [0.15, 0.2) is 23.5 Å². The lowest BCUT2D eigenvalue weighted by atomic mass is 9.98. The third-order valence-electron chi connectivity index (χ3n) is 7.45. The molecule has 2 aromatic rings. The molecule has 12 N–H and O–H groups in total. The van der Waals surface area contributed by atoms with Crippen molar-refractivity contribution in [3.63, 3.8) is 0 Å². The zero-order valence-corrected chi connectivity index (χ0v) is 22.2. The number of phenolic OH excluding ortho intramolecular Hbond substituents is 4. The van der Waals surface area contributed by atoms with Crippen LogP contribution in [0.15, 0.2) is 36.1 Å². The van der Waals surface area contributed by atoms with E-state index in [-0.39, 0.29) is 34.1 Å². The van der Waals surface area contributed by atoms with Gasteiger partial charge in [-0.05, 0) is 18.2 Å². The molecule has 43 heavy (non-hydrogen) atoms. The highest BCUT2D eigenvalue weighted by atomic mass is 16.7. The molecule has 0 radical (unpaired) electrons. The Morgan fingerprint density at radius 2 is 1.35 bits per heavy atom. The molecule has 0 bridgehead atoms. The second kappa shape index (κ2) is 12.3. The van der Waals surface area contributed by atoms with E-state index in [4.69, 9.17) is 18.9 Å². The smallest absolute Gasteiger partial charge is 0.270 e. The van der Waals surface area contributed by atoms with Gasteiger partial charge in [0, 0.05) is 12.1 Å². The number of aromatic hydroxyl groups is 5. The van der Waals surface area contributed by atoms with Crippen molar-refractivity contribution in [3.05, 3.63) is 47.2 Å². The maximum Gasteiger partial charge on any atom is 0.270 e. The van der Waals surface area contributed by atoms with E-state index in [1.54, 1.807) is 0 Å². The van der Waals surface area contributed by atoms with Crippen LogP contribution in [0.2, 0.25) is 0 Å². The molecule has 3 aliphatic rings. The van der Waals surface area contributed by atoms with E-state index < -0.39 is 92.2 Å². The van der Waals surface area contributed by atoms with Gasteiger partial charge in [-0.2, -0.15) is 0 Å². The summed E-state index contributed by atoms with van der Waals surface area (Å²) >= 11 is 0. The molecule has 2 saturated heterocycles. The first-order valence-corrected chi connectivity index (χ1v) is 13.2. The van der Waals surface area contributed by atoms with Gasteiger partial charge in [-0.15, -0.1) is 0 Å². The highest BCUT2D eigenvalue weighted by molar-refractivity contribution is 5.69. The predicted octanol–water partition coefficient (Wildman–Crippen LogP) is -2.51. The Morgan fingerprint density at radius 3 is 2.02 bits per heavy atom. The van der Waals surface area contributed by atoms with Crippen LogP contribution in [-0.2, 0) is 18.9 Å². The minimum absolute atomic E-state index is 0.0696. The van der Waals surface area contributed by atoms with E-state index in [9.17, 15) is 56.2 Å². The molecule has 16 nitrogen and oxygen atoms in total. The molecule has 0 aliphatic carbocycles. The molecule has 11 unspecified atom stereocenters. The van der Waals surface area contributed by atoms with Crippen molar-refractivity contribution in [2.24, 2.45) is 0 Å². The number of benzene rings is 2. The second-order valence-electron chi connectivity index (χ2n) is 10.4. The standard InChI is InChI=1S/C27H32O16/c28-7-17-19(33)21(35)23(37)26(42-17)39-8-18-20(34)22(36)24(38)27(43-18)41-16-6-11-13(31)4-10(29)5-15(11)40-25(16)9-1-2-12(30)14(32)3-9/h1-6,17-38H,7-8H2/p+1. The molecule has 0 saturated carbocycles. The number of rotatable bonds is 7. The third-order valence-corrected chi connectivity index (χ3v) is 7.45. The maximum absolute atomic E-state index is 10.7. The van der Waals surface area contributed by atoms with E-state index in [0.29, 0.717) is 0 Å². The fourth-order valence-corrected chi connectivity index (χ4v) is 5.02. The molecule has 16 heteroatoms. The lowest BCUT2D eigenvalue weighted by Crippen LogP contribution is -2.61. The van der Waals surface area contributed by atoms with Crippen LogP contribution in [0.5, 0.6) is 28.7 Å². The molecule has 0 spiro atoms. The van der Waals surface area contributed by atoms with E-state index in [1.165, 1.54) is 30.3 Å². The molecule has 0 amide bonds. The maximum atomic E-state index is 10.7. The van der Waals surface area contributed by atoms with Gasteiger partial charge in [0.05, 0.1) is 24.8 Å². The summed E-state index contributed by atoms with van der Waals surface area (Å²) in [7, 11) is 0. The van der Waals surface area contributed by atoms with Gasteiger partial charge in [-0.1, -0.05) is 0 Å². The van der Waals surface area contributed by atoms with Crippen LogP contribution in [-0.4, -0.2) is 136 Å². The zero-order valence-electron chi connectivity index (χ0n) is 22.2. The fraction of sp³-hybridized carbons (Fsp3) is 0.481. The normalized spacial score (nSPS) is 35.9. The average molecular weight is 614 g/mol. The van der Waals surface area contributed by atoms with Crippen molar-refractivity contribution in [1.82, 2.24) is 0 Å². The van der Waals surface area contributed by atoms with Crippen LogP contribution >= 0.6 is 0 Å². The molecule has 3 aliphatic heterocycles. The predicted molar refractivity (Wildman–Crippen MR) is 139 cm³/mol. The van der Waals surface area contributed by atoms with Crippen LogP contribution in [0.25, 0.3) is 6.08 Å². The van der Waals surface area contributed by atoms with Crippen molar-refractivity contribution in [1.29, 1.82) is 0 Å². The molecular formula is C27H33O16+. The van der Waals surface area contributed by atoms with Crippen LogP contribution in [0, 0.1) is 0 Å². The van der Waals surface area contributed by atoms with E-state index in [1.807, 2.05) is 0 Å². The Morgan fingerprint density at radius 1 is 0.698 bits per heavy atom. The summed E-state index contributed by atoms with van der Waals surface area (Å²) in [6.45, 7) is -1.29. The zero-order chi connectivity index (χ0) is 31.2.